The lowest BCUT2D eigenvalue weighted by Gasteiger charge is -2.25. The van der Waals surface area contributed by atoms with Crippen molar-refractivity contribution in [2.24, 2.45) is 0 Å². The van der Waals surface area contributed by atoms with Crippen LogP contribution in [0.4, 0.5) is 4.79 Å². The zero-order chi connectivity index (χ0) is 25.2. The van der Waals surface area contributed by atoms with Crippen molar-refractivity contribution in [1.82, 2.24) is 14.8 Å². The normalized spacial score (nSPS) is 15.1. The Labute approximate surface area is 207 Å². The number of benzene rings is 2. The number of para-hydroxylation sites is 1. The number of rotatable bonds is 7. The van der Waals surface area contributed by atoms with Crippen LogP contribution < -0.4 is 10.1 Å². The molecule has 2 aromatic carbocycles. The average Bonchev–Trinajstić information content (AvgIpc) is 3.47. The Bertz CT molecular complexity index is 1480. The molecule has 5 rings (SSSR count). The van der Waals surface area contributed by atoms with Crippen molar-refractivity contribution in [2.45, 2.75) is 26.9 Å². The summed E-state index contributed by atoms with van der Waals surface area (Å²) in [5.41, 5.74) is 3.81. The molecule has 1 aliphatic rings. The van der Waals surface area contributed by atoms with Gasteiger partial charge in [-0.3, -0.25) is 19.8 Å². The van der Waals surface area contributed by atoms with E-state index in [1.807, 2.05) is 61.0 Å². The molecule has 1 saturated heterocycles. The number of aromatic nitrogens is 1. The van der Waals surface area contributed by atoms with Gasteiger partial charge in [0.1, 0.15) is 23.7 Å². The maximum atomic E-state index is 13.1. The second-order valence-electron chi connectivity index (χ2n) is 8.75. The number of fused-ring (bicyclic) bond motifs is 1. The van der Waals surface area contributed by atoms with Crippen LogP contribution in [0.5, 0.6) is 5.75 Å². The number of furan rings is 1. The molecule has 0 radical (unpaired) electrons. The van der Waals surface area contributed by atoms with Gasteiger partial charge in [0.15, 0.2) is 0 Å². The Morgan fingerprint density at radius 1 is 1.00 bits per heavy atom. The van der Waals surface area contributed by atoms with E-state index >= 15 is 0 Å². The molecule has 3 heterocycles. The smallest absolute Gasteiger partial charge is 0.331 e. The van der Waals surface area contributed by atoms with Crippen LogP contribution >= 0.6 is 0 Å². The van der Waals surface area contributed by atoms with Crippen molar-refractivity contribution in [3.8, 4) is 5.75 Å². The van der Waals surface area contributed by atoms with Gasteiger partial charge in [0.25, 0.3) is 11.8 Å². The second-order valence-corrected chi connectivity index (χ2v) is 8.75. The van der Waals surface area contributed by atoms with Gasteiger partial charge in [-0.25, -0.2) is 4.79 Å². The first-order valence-electron chi connectivity index (χ1n) is 11.6. The minimum Gasteiger partial charge on any atom is -0.492 e. The summed E-state index contributed by atoms with van der Waals surface area (Å²) in [4.78, 5) is 39.0. The molecule has 36 heavy (non-hydrogen) atoms. The number of hydrogen-bond acceptors (Lipinski definition) is 5. The lowest BCUT2D eigenvalue weighted by molar-refractivity contribution is -0.130. The number of ether oxygens (including phenoxy) is 1. The highest BCUT2D eigenvalue weighted by Gasteiger charge is 2.36. The molecule has 0 aliphatic carbocycles. The third kappa shape index (κ3) is 4.65. The van der Waals surface area contributed by atoms with Crippen LogP contribution in [-0.2, 0) is 22.7 Å². The zero-order valence-corrected chi connectivity index (χ0v) is 20.0. The maximum absolute atomic E-state index is 13.1. The van der Waals surface area contributed by atoms with Gasteiger partial charge >= 0.3 is 6.03 Å². The molecule has 4 aromatic rings. The number of carbonyl (C=O) groups is 3. The summed E-state index contributed by atoms with van der Waals surface area (Å²) in [6.07, 6.45) is 4.88. The van der Waals surface area contributed by atoms with Crippen LogP contribution in [-0.4, -0.2) is 33.9 Å². The SMILES string of the molecule is Cc1cc(C)cc(OCCn2cc(C=C3C(=O)NC(=O)N(Cc4ccco4)C3=O)c3ccccc32)c1. The first-order chi connectivity index (χ1) is 17.4. The van der Waals surface area contributed by atoms with Gasteiger partial charge in [0, 0.05) is 22.7 Å². The first-order valence-corrected chi connectivity index (χ1v) is 11.6. The molecule has 8 heteroatoms. The fourth-order valence-corrected chi connectivity index (χ4v) is 4.40. The van der Waals surface area contributed by atoms with Crippen molar-refractivity contribution in [1.29, 1.82) is 0 Å². The topological polar surface area (TPSA) is 93.8 Å². The summed E-state index contributed by atoms with van der Waals surface area (Å²) < 4.78 is 13.3. The van der Waals surface area contributed by atoms with Crippen LogP contribution in [0, 0.1) is 13.8 Å². The van der Waals surface area contributed by atoms with Crippen LogP contribution in [0.3, 0.4) is 0 Å². The minimum atomic E-state index is -0.774. The summed E-state index contributed by atoms with van der Waals surface area (Å²) in [5, 5.41) is 3.13. The molecule has 8 nitrogen and oxygen atoms in total. The molecule has 0 spiro atoms. The Kier molecular flexibility index (Phi) is 6.16. The molecular weight excluding hydrogens is 458 g/mol. The van der Waals surface area contributed by atoms with Crippen LogP contribution in [0.15, 0.2) is 77.0 Å². The van der Waals surface area contributed by atoms with Crippen molar-refractivity contribution in [2.75, 3.05) is 6.61 Å². The predicted molar refractivity (Wildman–Crippen MR) is 134 cm³/mol. The van der Waals surface area contributed by atoms with Crippen LogP contribution in [0.2, 0.25) is 0 Å². The lowest BCUT2D eigenvalue weighted by Crippen LogP contribution is -2.53. The number of aryl methyl sites for hydroxylation is 2. The quantitative estimate of drug-likeness (QED) is 0.307. The highest BCUT2D eigenvalue weighted by atomic mass is 16.5. The van der Waals surface area contributed by atoms with Gasteiger partial charge in [0.05, 0.1) is 19.4 Å². The van der Waals surface area contributed by atoms with Gasteiger partial charge in [0.2, 0.25) is 0 Å². The molecule has 0 atom stereocenters. The molecule has 1 N–H and O–H groups in total. The first kappa shape index (κ1) is 23.2. The van der Waals surface area contributed by atoms with E-state index in [-0.39, 0.29) is 12.1 Å². The van der Waals surface area contributed by atoms with Gasteiger partial charge < -0.3 is 13.7 Å². The number of urea groups is 1. The molecule has 1 fully saturated rings. The average molecular weight is 484 g/mol. The molecule has 1 aliphatic heterocycles. The third-order valence-electron chi connectivity index (χ3n) is 6.00. The summed E-state index contributed by atoms with van der Waals surface area (Å²) in [5.74, 6) is -0.143. The number of carbonyl (C=O) groups excluding carboxylic acids is 3. The molecule has 0 bridgehead atoms. The van der Waals surface area contributed by atoms with E-state index < -0.39 is 17.8 Å². The minimum absolute atomic E-state index is 0.0696. The van der Waals surface area contributed by atoms with E-state index in [9.17, 15) is 14.4 Å². The monoisotopic (exact) mass is 483 g/mol. The van der Waals surface area contributed by atoms with Crippen LogP contribution in [0.1, 0.15) is 22.5 Å². The van der Waals surface area contributed by atoms with Gasteiger partial charge in [-0.05, 0) is 61.4 Å². The lowest BCUT2D eigenvalue weighted by atomic mass is 10.1. The summed E-state index contributed by atoms with van der Waals surface area (Å²) in [6, 6.07) is 16.4. The fraction of sp³-hybridized carbons (Fsp3) is 0.179. The number of amides is 4. The standard InChI is InChI=1S/C28H25N3O5/c1-18-12-19(2)14-22(13-18)36-11-9-30-16-20(23-7-3-4-8-25(23)30)15-24-26(32)29-28(34)31(27(24)33)17-21-6-5-10-35-21/h3-8,10,12-16H,9,11,17H2,1-2H3,(H,29,32,34). The number of nitrogens with zero attached hydrogens (tertiary/aromatic N) is 2. The molecule has 0 unspecified atom stereocenters. The Balaban J connectivity index is 1.41. The third-order valence-corrected chi connectivity index (χ3v) is 6.00. The largest absolute Gasteiger partial charge is 0.492 e. The number of hydrogen-bond donors (Lipinski definition) is 1. The van der Waals surface area contributed by atoms with E-state index in [4.69, 9.17) is 9.15 Å². The summed E-state index contributed by atoms with van der Waals surface area (Å²) >= 11 is 0. The summed E-state index contributed by atoms with van der Waals surface area (Å²) in [6.45, 7) is 5.01. The van der Waals surface area contributed by atoms with Crippen molar-refractivity contribution in [3.05, 3.63) is 95.1 Å². The molecule has 0 saturated carbocycles. The number of barbiturate groups is 1. The molecule has 2 aromatic heterocycles. The van der Waals surface area contributed by atoms with Gasteiger partial charge in [-0.1, -0.05) is 24.3 Å². The Morgan fingerprint density at radius 3 is 2.53 bits per heavy atom. The fourth-order valence-electron chi connectivity index (χ4n) is 4.40. The van der Waals surface area contributed by atoms with E-state index in [0.717, 1.165) is 32.7 Å². The van der Waals surface area contributed by atoms with E-state index in [1.54, 1.807) is 12.1 Å². The highest BCUT2D eigenvalue weighted by molar-refractivity contribution is 6.31. The van der Waals surface area contributed by atoms with Gasteiger partial charge in [-0.2, -0.15) is 0 Å². The Hall–Kier alpha value is -4.59. The number of nitrogens with one attached hydrogen (secondary N) is 1. The van der Waals surface area contributed by atoms with Crippen LogP contribution in [0.25, 0.3) is 17.0 Å². The highest BCUT2D eigenvalue weighted by Crippen LogP contribution is 2.26. The molecule has 4 amide bonds. The molecular formula is C28H25N3O5. The maximum Gasteiger partial charge on any atom is 0.331 e. The van der Waals surface area contributed by atoms with Crippen molar-refractivity contribution >= 4 is 34.8 Å². The zero-order valence-electron chi connectivity index (χ0n) is 20.0. The van der Waals surface area contributed by atoms with E-state index in [2.05, 4.69) is 11.4 Å². The van der Waals surface area contributed by atoms with Crippen molar-refractivity contribution < 1.29 is 23.5 Å². The van der Waals surface area contributed by atoms with E-state index in [1.165, 1.54) is 12.3 Å². The second kappa shape index (κ2) is 9.58. The predicted octanol–water partition coefficient (Wildman–Crippen LogP) is 4.59. The Morgan fingerprint density at radius 2 is 1.78 bits per heavy atom. The summed E-state index contributed by atoms with van der Waals surface area (Å²) in [7, 11) is 0. The van der Waals surface area contributed by atoms with E-state index in [0.29, 0.717) is 24.5 Å². The van der Waals surface area contributed by atoms with Crippen molar-refractivity contribution in [3.63, 3.8) is 0 Å². The molecule has 182 valence electrons. The van der Waals surface area contributed by atoms with Gasteiger partial charge in [-0.15, -0.1) is 0 Å². The number of imide groups is 2.